The molecule has 0 spiro atoms. The fraction of sp³-hybridized carbons (Fsp3) is 0.333. The largest absolute Gasteiger partial charge is 0.475 e. The molecule has 0 unspecified atom stereocenters. The van der Waals surface area contributed by atoms with Gasteiger partial charge in [0.15, 0.2) is 0 Å². The zero-order valence-corrected chi connectivity index (χ0v) is 14.6. The number of anilines is 1. The minimum Gasteiger partial charge on any atom is -0.475 e. The van der Waals surface area contributed by atoms with Crippen LogP contribution in [0.15, 0.2) is 36.7 Å². The molecule has 1 fully saturated rings. The second kappa shape index (κ2) is 8.24. The van der Waals surface area contributed by atoms with E-state index in [1.807, 2.05) is 0 Å². The summed E-state index contributed by atoms with van der Waals surface area (Å²) < 4.78 is 43.6. The Labute approximate surface area is 158 Å². The second-order valence-electron chi connectivity index (χ2n) is 6.15. The van der Waals surface area contributed by atoms with Gasteiger partial charge in [-0.1, -0.05) is 0 Å². The summed E-state index contributed by atoms with van der Waals surface area (Å²) in [5.74, 6) is -0.869. The van der Waals surface area contributed by atoms with Crippen LogP contribution in [-0.4, -0.2) is 34.9 Å². The number of nitrogens with zero attached hydrogens (tertiary/aromatic N) is 2. The Morgan fingerprint density at radius 2 is 1.96 bits per heavy atom. The van der Waals surface area contributed by atoms with Crippen molar-refractivity contribution < 1.29 is 27.5 Å². The lowest BCUT2D eigenvalue weighted by molar-refractivity contribution is -0.139. The summed E-state index contributed by atoms with van der Waals surface area (Å²) in [4.78, 5) is 31.5. The van der Waals surface area contributed by atoms with Gasteiger partial charge in [0.05, 0.1) is 6.54 Å². The molecule has 28 heavy (non-hydrogen) atoms. The fourth-order valence-corrected chi connectivity index (χ4v) is 2.35. The predicted molar refractivity (Wildman–Crippen MR) is 92.7 cm³/mol. The van der Waals surface area contributed by atoms with E-state index in [4.69, 9.17) is 4.74 Å². The average molecular weight is 394 g/mol. The molecule has 2 heterocycles. The molecule has 0 radical (unpaired) electrons. The van der Waals surface area contributed by atoms with E-state index < -0.39 is 23.5 Å². The highest BCUT2D eigenvalue weighted by Gasteiger charge is 2.35. The van der Waals surface area contributed by atoms with Gasteiger partial charge in [-0.05, 0) is 37.1 Å². The highest BCUT2D eigenvalue weighted by Crippen LogP contribution is 2.34. The van der Waals surface area contributed by atoms with Crippen molar-refractivity contribution in [2.24, 2.45) is 5.92 Å². The molecule has 1 saturated carbocycles. The number of carbonyl (C=O) groups excluding carboxylic acids is 2. The number of rotatable bonds is 7. The first-order valence-electron chi connectivity index (χ1n) is 8.55. The molecule has 1 aliphatic rings. The summed E-state index contributed by atoms with van der Waals surface area (Å²) in [6.07, 6.45) is -0.309. The predicted octanol–water partition coefficient (Wildman–Crippen LogP) is 2.65. The number of alkyl halides is 3. The van der Waals surface area contributed by atoms with Gasteiger partial charge in [0.25, 0.3) is 5.91 Å². The maximum atomic E-state index is 12.9. The number of nitrogens with one attached hydrogen (secondary N) is 2. The summed E-state index contributed by atoms with van der Waals surface area (Å²) in [7, 11) is 0. The molecule has 0 aromatic carbocycles. The van der Waals surface area contributed by atoms with Crippen LogP contribution in [0.5, 0.6) is 5.88 Å². The van der Waals surface area contributed by atoms with Gasteiger partial charge in [-0.3, -0.25) is 9.59 Å². The number of hydrogen-bond donors (Lipinski definition) is 2. The summed E-state index contributed by atoms with van der Waals surface area (Å²) >= 11 is 0. The van der Waals surface area contributed by atoms with E-state index in [0.29, 0.717) is 0 Å². The van der Waals surface area contributed by atoms with Crippen LogP contribution in [0, 0.1) is 5.92 Å². The lowest BCUT2D eigenvalue weighted by Crippen LogP contribution is -2.28. The number of hydrogen-bond acceptors (Lipinski definition) is 5. The summed E-state index contributed by atoms with van der Waals surface area (Å²) in [6, 6.07) is 4.93. The summed E-state index contributed by atoms with van der Waals surface area (Å²) in [5, 5.41) is 5.17. The molecule has 0 aliphatic heterocycles. The lowest BCUT2D eigenvalue weighted by atomic mass is 10.2. The van der Waals surface area contributed by atoms with E-state index in [0.717, 1.165) is 18.9 Å². The Bertz CT molecular complexity index is 869. The zero-order valence-electron chi connectivity index (χ0n) is 14.6. The lowest BCUT2D eigenvalue weighted by Gasteiger charge is -2.12. The molecule has 148 valence electrons. The van der Waals surface area contributed by atoms with Gasteiger partial charge in [0.1, 0.15) is 18.0 Å². The van der Waals surface area contributed by atoms with E-state index in [1.54, 1.807) is 0 Å². The van der Waals surface area contributed by atoms with E-state index in [1.165, 1.54) is 30.6 Å². The Hall–Kier alpha value is -3.17. The highest BCUT2D eigenvalue weighted by atomic mass is 19.4. The van der Waals surface area contributed by atoms with Crippen molar-refractivity contribution >= 4 is 17.6 Å². The molecule has 1 aliphatic carbocycles. The van der Waals surface area contributed by atoms with Crippen LogP contribution in [0.3, 0.4) is 0 Å². The molecule has 0 bridgehead atoms. The Kier molecular flexibility index (Phi) is 5.76. The second-order valence-corrected chi connectivity index (χ2v) is 6.15. The number of pyridine rings is 2. The number of ether oxygens (including phenoxy) is 1. The van der Waals surface area contributed by atoms with Crippen LogP contribution >= 0.6 is 0 Å². The van der Waals surface area contributed by atoms with E-state index >= 15 is 0 Å². The molecule has 10 heteroatoms. The third-order valence-corrected chi connectivity index (χ3v) is 3.92. The minimum absolute atomic E-state index is 0.00427. The average Bonchev–Trinajstić information content (AvgIpc) is 3.50. The number of carbonyl (C=O) groups is 2. The Balaban J connectivity index is 1.50. The monoisotopic (exact) mass is 394 g/mol. The van der Waals surface area contributed by atoms with Crippen molar-refractivity contribution in [3.05, 3.63) is 47.8 Å². The zero-order chi connectivity index (χ0) is 20.1. The standard InChI is InChI=1S/C18H17F3N4O3/c19-18(20,21)13-2-1-6-24-17(13)28-9-8-23-15(26)12-5-7-22-14(10-12)25-16(27)11-3-4-11/h1-2,5-7,10-11H,3-4,8-9H2,(H,23,26)(H,22,25,27). The number of amides is 2. The van der Waals surface area contributed by atoms with Crippen molar-refractivity contribution in [3.8, 4) is 5.88 Å². The highest BCUT2D eigenvalue weighted by molar-refractivity contribution is 5.97. The molecule has 2 aromatic heterocycles. The van der Waals surface area contributed by atoms with E-state index in [2.05, 4.69) is 20.6 Å². The molecule has 2 N–H and O–H groups in total. The van der Waals surface area contributed by atoms with Gasteiger partial charge < -0.3 is 15.4 Å². The first kappa shape index (κ1) is 19.6. The molecule has 7 nitrogen and oxygen atoms in total. The van der Waals surface area contributed by atoms with Crippen LogP contribution in [-0.2, 0) is 11.0 Å². The van der Waals surface area contributed by atoms with Crippen molar-refractivity contribution in [2.75, 3.05) is 18.5 Å². The smallest absolute Gasteiger partial charge is 0.421 e. The molecule has 0 atom stereocenters. The van der Waals surface area contributed by atoms with Gasteiger partial charge in [0, 0.05) is 23.9 Å². The van der Waals surface area contributed by atoms with Crippen molar-refractivity contribution in [3.63, 3.8) is 0 Å². The van der Waals surface area contributed by atoms with Crippen LogP contribution in [0.1, 0.15) is 28.8 Å². The molecule has 3 rings (SSSR count). The molecular formula is C18H17F3N4O3. The normalized spacial score (nSPS) is 13.7. The summed E-state index contributed by atoms with van der Waals surface area (Å²) in [6.45, 7) is -0.221. The molecule has 2 aromatic rings. The third kappa shape index (κ3) is 5.18. The summed E-state index contributed by atoms with van der Waals surface area (Å²) in [5.41, 5.74) is -0.721. The molecule has 0 saturated heterocycles. The quantitative estimate of drug-likeness (QED) is 0.705. The molecule has 2 amide bonds. The van der Waals surface area contributed by atoms with E-state index in [9.17, 15) is 22.8 Å². The maximum absolute atomic E-state index is 12.9. The van der Waals surface area contributed by atoms with Crippen LogP contribution in [0.4, 0.5) is 19.0 Å². The SMILES string of the molecule is O=C(NCCOc1ncccc1C(F)(F)F)c1ccnc(NC(=O)C2CC2)c1. The van der Waals surface area contributed by atoms with Crippen LogP contribution < -0.4 is 15.4 Å². The van der Waals surface area contributed by atoms with Crippen molar-refractivity contribution in [1.82, 2.24) is 15.3 Å². The Morgan fingerprint density at radius 1 is 1.18 bits per heavy atom. The van der Waals surface area contributed by atoms with Crippen LogP contribution in [0.25, 0.3) is 0 Å². The molecular weight excluding hydrogens is 377 g/mol. The van der Waals surface area contributed by atoms with Gasteiger partial charge in [0.2, 0.25) is 11.8 Å². The first-order chi connectivity index (χ1) is 13.3. The van der Waals surface area contributed by atoms with Gasteiger partial charge in [-0.25, -0.2) is 9.97 Å². The number of aromatic nitrogens is 2. The van der Waals surface area contributed by atoms with Gasteiger partial charge in [-0.2, -0.15) is 13.2 Å². The van der Waals surface area contributed by atoms with Gasteiger partial charge >= 0.3 is 6.18 Å². The first-order valence-corrected chi connectivity index (χ1v) is 8.55. The van der Waals surface area contributed by atoms with Gasteiger partial charge in [-0.15, -0.1) is 0 Å². The Morgan fingerprint density at radius 3 is 2.68 bits per heavy atom. The number of halogens is 3. The maximum Gasteiger partial charge on any atom is 0.421 e. The van der Waals surface area contributed by atoms with Crippen molar-refractivity contribution in [1.29, 1.82) is 0 Å². The van der Waals surface area contributed by atoms with E-state index in [-0.39, 0.29) is 36.4 Å². The fourth-order valence-electron chi connectivity index (χ4n) is 2.35. The third-order valence-electron chi connectivity index (χ3n) is 3.92. The minimum atomic E-state index is -4.58. The topological polar surface area (TPSA) is 93.2 Å². The van der Waals surface area contributed by atoms with Crippen LogP contribution in [0.2, 0.25) is 0 Å². The van der Waals surface area contributed by atoms with Crippen molar-refractivity contribution in [2.45, 2.75) is 19.0 Å².